The molecule has 0 saturated heterocycles. The Labute approximate surface area is 126 Å². The van der Waals surface area contributed by atoms with Gasteiger partial charge >= 0.3 is 0 Å². The molecular formula is C16H25N5. The number of hydrogen-bond donors (Lipinski definition) is 1. The fourth-order valence-electron chi connectivity index (χ4n) is 2.57. The van der Waals surface area contributed by atoms with Crippen LogP contribution in [0, 0.1) is 12.8 Å². The molecule has 0 bridgehead atoms. The van der Waals surface area contributed by atoms with Crippen molar-refractivity contribution in [1.82, 2.24) is 20.2 Å². The first kappa shape index (κ1) is 15.5. The predicted molar refractivity (Wildman–Crippen MR) is 85.8 cm³/mol. The molecule has 0 amide bonds. The maximum absolute atomic E-state index is 5.93. The molecule has 5 heteroatoms. The van der Waals surface area contributed by atoms with Crippen molar-refractivity contribution in [2.45, 2.75) is 53.0 Å². The summed E-state index contributed by atoms with van der Waals surface area (Å²) < 4.78 is 1.91. The van der Waals surface area contributed by atoms with Crippen LogP contribution in [0.1, 0.15) is 51.6 Å². The molecule has 114 valence electrons. The standard InChI is InChI=1S/C16H25N5/c1-11(2)6-5-7-13(4)21-16(18-19-20-21)14-8-12(3)9-15(17)10-14/h8-11,13H,5-7,17H2,1-4H3. The summed E-state index contributed by atoms with van der Waals surface area (Å²) in [6, 6.07) is 6.23. The summed E-state index contributed by atoms with van der Waals surface area (Å²) in [6.07, 6.45) is 3.50. The number of tetrazole rings is 1. The van der Waals surface area contributed by atoms with Crippen LogP contribution in [0.3, 0.4) is 0 Å². The second kappa shape index (κ2) is 6.70. The topological polar surface area (TPSA) is 69.6 Å². The van der Waals surface area contributed by atoms with Crippen LogP contribution in [-0.4, -0.2) is 20.2 Å². The molecule has 0 aliphatic rings. The van der Waals surface area contributed by atoms with Gasteiger partial charge in [0, 0.05) is 11.3 Å². The largest absolute Gasteiger partial charge is 0.399 e. The monoisotopic (exact) mass is 287 g/mol. The number of nitrogen functional groups attached to an aromatic ring is 1. The molecule has 1 heterocycles. The van der Waals surface area contributed by atoms with Crippen LogP contribution in [0.4, 0.5) is 5.69 Å². The van der Waals surface area contributed by atoms with Gasteiger partial charge in [0.2, 0.25) is 0 Å². The maximum atomic E-state index is 5.93. The van der Waals surface area contributed by atoms with E-state index in [0.29, 0.717) is 0 Å². The summed E-state index contributed by atoms with van der Waals surface area (Å²) in [5.41, 5.74) is 8.77. The Balaban J connectivity index is 2.17. The lowest BCUT2D eigenvalue weighted by Crippen LogP contribution is -2.09. The average molecular weight is 287 g/mol. The molecule has 5 nitrogen and oxygen atoms in total. The summed E-state index contributed by atoms with van der Waals surface area (Å²) >= 11 is 0. The number of aromatic nitrogens is 4. The first-order valence-corrected chi connectivity index (χ1v) is 7.62. The van der Waals surface area contributed by atoms with E-state index in [4.69, 9.17) is 5.73 Å². The fourth-order valence-corrected chi connectivity index (χ4v) is 2.57. The zero-order valence-corrected chi connectivity index (χ0v) is 13.4. The van der Waals surface area contributed by atoms with E-state index in [2.05, 4.69) is 42.4 Å². The lowest BCUT2D eigenvalue weighted by molar-refractivity contribution is 0.414. The molecule has 2 rings (SSSR count). The predicted octanol–water partition coefficient (Wildman–Crippen LogP) is 3.62. The molecule has 1 unspecified atom stereocenters. The Morgan fingerprint density at radius 2 is 1.90 bits per heavy atom. The zero-order valence-electron chi connectivity index (χ0n) is 13.4. The highest BCUT2D eigenvalue weighted by atomic mass is 15.5. The van der Waals surface area contributed by atoms with Crippen molar-refractivity contribution < 1.29 is 0 Å². The van der Waals surface area contributed by atoms with Gasteiger partial charge in [-0.25, -0.2) is 4.68 Å². The first-order valence-electron chi connectivity index (χ1n) is 7.62. The van der Waals surface area contributed by atoms with Crippen molar-refractivity contribution >= 4 is 5.69 Å². The van der Waals surface area contributed by atoms with E-state index in [9.17, 15) is 0 Å². The number of hydrogen-bond acceptors (Lipinski definition) is 4. The van der Waals surface area contributed by atoms with Crippen LogP contribution >= 0.6 is 0 Å². The third-order valence-electron chi connectivity index (χ3n) is 3.67. The van der Waals surface area contributed by atoms with Crippen molar-refractivity contribution in [2.75, 3.05) is 5.73 Å². The van der Waals surface area contributed by atoms with Gasteiger partial charge in [-0.05, 0) is 60.4 Å². The van der Waals surface area contributed by atoms with Crippen molar-refractivity contribution in [3.63, 3.8) is 0 Å². The highest BCUT2D eigenvalue weighted by Gasteiger charge is 2.15. The lowest BCUT2D eigenvalue weighted by atomic mass is 10.0. The van der Waals surface area contributed by atoms with Gasteiger partial charge in [0.1, 0.15) is 0 Å². The minimum Gasteiger partial charge on any atom is -0.399 e. The lowest BCUT2D eigenvalue weighted by Gasteiger charge is -2.14. The summed E-state index contributed by atoms with van der Waals surface area (Å²) in [5.74, 6) is 1.53. The number of nitrogens with zero attached hydrogens (tertiary/aromatic N) is 4. The maximum Gasteiger partial charge on any atom is 0.182 e. The molecule has 2 N–H and O–H groups in total. The van der Waals surface area contributed by atoms with Crippen LogP contribution < -0.4 is 5.73 Å². The molecule has 2 aromatic rings. The quantitative estimate of drug-likeness (QED) is 0.824. The summed E-state index contributed by atoms with van der Waals surface area (Å²) in [4.78, 5) is 0. The Kier molecular flexibility index (Phi) is 4.94. The number of benzene rings is 1. The molecule has 0 aliphatic carbocycles. The third kappa shape index (κ3) is 4.03. The van der Waals surface area contributed by atoms with E-state index in [1.54, 1.807) is 0 Å². The highest BCUT2D eigenvalue weighted by molar-refractivity contribution is 5.62. The van der Waals surface area contributed by atoms with Gasteiger partial charge < -0.3 is 5.73 Å². The SMILES string of the molecule is Cc1cc(N)cc(-c2nnnn2C(C)CCCC(C)C)c1. The number of rotatable bonds is 6. The van der Waals surface area contributed by atoms with Gasteiger partial charge in [-0.15, -0.1) is 5.10 Å². The summed E-state index contributed by atoms with van der Waals surface area (Å²) in [5, 5.41) is 12.2. The molecule has 0 aliphatic heterocycles. The molecule has 1 atom stereocenters. The average Bonchev–Trinajstić information content (AvgIpc) is 2.86. The van der Waals surface area contributed by atoms with E-state index in [1.807, 2.05) is 23.7 Å². The molecule has 0 fully saturated rings. The molecule has 0 spiro atoms. The summed E-state index contributed by atoms with van der Waals surface area (Å²) in [7, 11) is 0. The Bertz CT molecular complexity index is 568. The van der Waals surface area contributed by atoms with E-state index < -0.39 is 0 Å². The summed E-state index contributed by atoms with van der Waals surface area (Å²) in [6.45, 7) is 8.70. The molecule has 0 radical (unpaired) electrons. The van der Waals surface area contributed by atoms with Crippen molar-refractivity contribution in [3.8, 4) is 11.4 Å². The minimum absolute atomic E-state index is 0.287. The number of nitrogens with two attached hydrogens (primary N) is 1. The minimum atomic E-state index is 0.287. The number of anilines is 1. The second-order valence-electron chi connectivity index (χ2n) is 6.25. The van der Waals surface area contributed by atoms with Gasteiger partial charge in [0.25, 0.3) is 0 Å². The Hall–Kier alpha value is -1.91. The van der Waals surface area contributed by atoms with Crippen LogP contribution in [0.2, 0.25) is 0 Å². The van der Waals surface area contributed by atoms with Crippen LogP contribution in [0.5, 0.6) is 0 Å². The Morgan fingerprint density at radius 1 is 1.14 bits per heavy atom. The van der Waals surface area contributed by atoms with Gasteiger partial charge in [0.15, 0.2) is 5.82 Å². The molecule has 21 heavy (non-hydrogen) atoms. The van der Waals surface area contributed by atoms with Gasteiger partial charge in [0.05, 0.1) is 6.04 Å². The van der Waals surface area contributed by atoms with Gasteiger partial charge in [-0.1, -0.05) is 26.7 Å². The van der Waals surface area contributed by atoms with E-state index in [1.165, 1.54) is 12.8 Å². The van der Waals surface area contributed by atoms with Gasteiger partial charge in [-0.2, -0.15) is 0 Å². The van der Waals surface area contributed by atoms with E-state index >= 15 is 0 Å². The van der Waals surface area contributed by atoms with Crippen molar-refractivity contribution in [1.29, 1.82) is 0 Å². The van der Waals surface area contributed by atoms with Gasteiger partial charge in [-0.3, -0.25) is 0 Å². The second-order valence-corrected chi connectivity index (χ2v) is 6.25. The van der Waals surface area contributed by atoms with Crippen LogP contribution in [-0.2, 0) is 0 Å². The third-order valence-corrected chi connectivity index (χ3v) is 3.67. The van der Waals surface area contributed by atoms with Crippen LogP contribution in [0.15, 0.2) is 18.2 Å². The molecule has 1 aromatic heterocycles. The Morgan fingerprint density at radius 3 is 2.57 bits per heavy atom. The fraction of sp³-hybridized carbons (Fsp3) is 0.562. The van der Waals surface area contributed by atoms with Crippen molar-refractivity contribution in [2.24, 2.45) is 5.92 Å². The molecule has 0 saturated carbocycles. The van der Waals surface area contributed by atoms with Crippen molar-refractivity contribution in [3.05, 3.63) is 23.8 Å². The number of aryl methyl sites for hydroxylation is 1. The molecular weight excluding hydrogens is 262 g/mol. The van der Waals surface area contributed by atoms with E-state index in [-0.39, 0.29) is 6.04 Å². The van der Waals surface area contributed by atoms with Crippen LogP contribution in [0.25, 0.3) is 11.4 Å². The molecule has 1 aromatic carbocycles. The highest BCUT2D eigenvalue weighted by Crippen LogP contribution is 2.25. The zero-order chi connectivity index (χ0) is 15.4. The van der Waals surface area contributed by atoms with E-state index in [0.717, 1.165) is 35.0 Å². The normalized spacial score (nSPS) is 12.8. The smallest absolute Gasteiger partial charge is 0.182 e. The first-order chi connectivity index (χ1) is 9.97.